The third kappa shape index (κ3) is 3.73. The highest BCUT2D eigenvalue weighted by molar-refractivity contribution is 5.58. The number of nitrogens with one attached hydrogen (secondary N) is 1. The number of benzene rings is 2. The van der Waals surface area contributed by atoms with Crippen molar-refractivity contribution in [2.45, 2.75) is 37.6 Å². The molecule has 0 spiro atoms. The highest BCUT2D eigenvalue weighted by atomic mass is 16.5. The van der Waals surface area contributed by atoms with Crippen molar-refractivity contribution in [2.75, 3.05) is 38.2 Å². The Morgan fingerprint density at radius 2 is 1.50 bits per heavy atom. The molecule has 0 amide bonds. The Morgan fingerprint density at radius 3 is 2.19 bits per heavy atom. The molecule has 1 saturated carbocycles. The average molecular weight is 352 g/mol. The van der Waals surface area contributed by atoms with E-state index < -0.39 is 0 Å². The third-order valence-electron chi connectivity index (χ3n) is 6.41. The van der Waals surface area contributed by atoms with Gasteiger partial charge >= 0.3 is 0 Å². The smallest absolute Gasteiger partial charge is 0.142 e. The molecule has 0 atom stereocenters. The summed E-state index contributed by atoms with van der Waals surface area (Å²) in [5, 5.41) is 0. The molecule has 26 heavy (non-hydrogen) atoms. The summed E-state index contributed by atoms with van der Waals surface area (Å²) in [7, 11) is 1.77. The molecule has 1 N–H and O–H groups in total. The molecule has 138 valence electrons. The second-order valence-corrected chi connectivity index (χ2v) is 7.78. The first-order valence-corrected chi connectivity index (χ1v) is 10.1. The summed E-state index contributed by atoms with van der Waals surface area (Å²) in [6.45, 7) is 4.76. The van der Waals surface area contributed by atoms with Crippen LogP contribution < -0.4 is 14.5 Å². The van der Waals surface area contributed by atoms with Gasteiger partial charge in [0.2, 0.25) is 0 Å². The predicted octanol–water partition coefficient (Wildman–Crippen LogP) is 3.13. The van der Waals surface area contributed by atoms with E-state index in [9.17, 15) is 0 Å². The van der Waals surface area contributed by atoms with Crippen molar-refractivity contribution < 1.29 is 9.64 Å². The van der Waals surface area contributed by atoms with Crippen molar-refractivity contribution in [1.82, 2.24) is 0 Å². The quantitative estimate of drug-likeness (QED) is 0.911. The van der Waals surface area contributed by atoms with Crippen LogP contribution >= 0.6 is 0 Å². The van der Waals surface area contributed by atoms with Crippen molar-refractivity contribution in [2.24, 2.45) is 0 Å². The molecule has 0 bridgehead atoms. The number of ether oxygens (including phenoxy) is 1. The van der Waals surface area contributed by atoms with Crippen molar-refractivity contribution >= 4 is 5.69 Å². The van der Waals surface area contributed by atoms with Gasteiger partial charge in [-0.2, -0.15) is 0 Å². The molecule has 1 aliphatic heterocycles. The topological polar surface area (TPSA) is 16.9 Å². The zero-order valence-corrected chi connectivity index (χ0v) is 15.9. The lowest BCUT2D eigenvalue weighted by Gasteiger charge is -2.40. The number of rotatable bonds is 4. The van der Waals surface area contributed by atoms with Crippen LogP contribution in [0.25, 0.3) is 0 Å². The maximum absolute atomic E-state index is 5.55. The highest BCUT2D eigenvalue weighted by Gasteiger charge is 2.32. The van der Waals surface area contributed by atoms with Crippen molar-refractivity contribution in [1.29, 1.82) is 0 Å². The molecule has 2 fully saturated rings. The van der Waals surface area contributed by atoms with E-state index in [0.29, 0.717) is 0 Å². The first kappa shape index (κ1) is 17.4. The van der Waals surface area contributed by atoms with E-state index in [-0.39, 0.29) is 0 Å². The Balaban J connectivity index is 1.30. The number of nitrogens with zero attached hydrogens (tertiary/aromatic N) is 1. The summed E-state index contributed by atoms with van der Waals surface area (Å²) < 4.78 is 5.55. The second kappa shape index (κ2) is 8.13. The lowest BCUT2D eigenvalue weighted by molar-refractivity contribution is -0.927. The zero-order chi connectivity index (χ0) is 17.8. The van der Waals surface area contributed by atoms with E-state index in [1.54, 1.807) is 12.7 Å². The van der Waals surface area contributed by atoms with E-state index in [2.05, 4.69) is 59.5 Å². The van der Waals surface area contributed by atoms with Crippen LogP contribution in [0.4, 0.5) is 5.69 Å². The maximum atomic E-state index is 5.55. The molecule has 0 unspecified atom stereocenters. The third-order valence-corrected chi connectivity index (χ3v) is 6.41. The van der Waals surface area contributed by atoms with Crippen LogP contribution in [0.2, 0.25) is 0 Å². The highest BCUT2D eigenvalue weighted by Crippen LogP contribution is 2.32. The zero-order valence-electron chi connectivity index (χ0n) is 15.9. The largest absolute Gasteiger partial charge is 0.495 e. The summed E-state index contributed by atoms with van der Waals surface area (Å²) in [6.07, 6.45) is 5.47. The second-order valence-electron chi connectivity index (χ2n) is 7.78. The van der Waals surface area contributed by atoms with Gasteiger partial charge < -0.3 is 14.5 Å². The van der Waals surface area contributed by atoms with Crippen molar-refractivity contribution in [3.63, 3.8) is 0 Å². The first-order valence-electron chi connectivity index (χ1n) is 10.1. The summed E-state index contributed by atoms with van der Waals surface area (Å²) >= 11 is 0. The Bertz CT molecular complexity index is 686. The van der Waals surface area contributed by atoms with Crippen LogP contribution in [0.1, 0.15) is 37.2 Å². The molecule has 1 aliphatic carbocycles. The number of hydrogen-bond acceptors (Lipinski definition) is 2. The van der Waals surface area contributed by atoms with Crippen molar-refractivity contribution in [3.05, 3.63) is 60.2 Å². The standard InChI is InChI=1S/C23H30N2O/c1-26-23-10-6-5-9-22(23)25-17-15-24(16-18-25)21-13-11-20(12-14-21)19-7-3-2-4-8-19/h2-10,20-21H,11-18H2,1H3/p+1. The van der Waals surface area contributed by atoms with Gasteiger partial charge in [-0.05, 0) is 49.3 Å². The van der Waals surface area contributed by atoms with E-state index in [1.807, 2.05) is 4.90 Å². The van der Waals surface area contributed by atoms with Gasteiger partial charge in [0.1, 0.15) is 5.75 Å². The van der Waals surface area contributed by atoms with Gasteiger partial charge in [-0.15, -0.1) is 0 Å². The number of para-hydroxylation sites is 2. The van der Waals surface area contributed by atoms with Crippen LogP contribution in [0.15, 0.2) is 54.6 Å². The van der Waals surface area contributed by atoms with E-state index >= 15 is 0 Å². The van der Waals surface area contributed by atoms with Gasteiger partial charge in [-0.25, -0.2) is 0 Å². The number of anilines is 1. The lowest BCUT2D eigenvalue weighted by atomic mass is 9.81. The van der Waals surface area contributed by atoms with Crippen LogP contribution in [0, 0.1) is 0 Å². The fourth-order valence-corrected chi connectivity index (χ4v) is 4.89. The molecular weight excluding hydrogens is 320 g/mol. The van der Waals surface area contributed by atoms with Gasteiger partial charge in [0, 0.05) is 0 Å². The fraction of sp³-hybridized carbons (Fsp3) is 0.478. The fourth-order valence-electron chi connectivity index (χ4n) is 4.89. The minimum absolute atomic E-state index is 0.779. The van der Waals surface area contributed by atoms with Gasteiger partial charge in [0.15, 0.2) is 0 Å². The normalized spacial score (nSPS) is 24.4. The molecule has 2 aromatic rings. The number of piperazine rings is 1. The Morgan fingerprint density at radius 1 is 0.846 bits per heavy atom. The number of methoxy groups -OCH3 is 1. The van der Waals surface area contributed by atoms with Gasteiger partial charge in [-0.1, -0.05) is 42.5 Å². The van der Waals surface area contributed by atoms with Crippen molar-refractivity contribution in [3.8, 4) is 5.75 Å². The summed E-state index contributed by atoms with van der Waals surface area (Å²) in [5.41, 5.74) is 2.80. The van der Waals surface area contributed by atoms with Crippen LogP contribution in [-0.2, 0) is 0 Å². The summed E-state index contributed by atoms with van der Waals surface area (Å²) in [5.74, 6) is 1.78. The molecule has 0 radical (unpaired) electrons. The molecule has 1 heterocycles. The molecule has 2 aliphatic rings. The molecular formula is C23H31N2O+. The number of quaternary nitrogens is 1. The molecule has 3 nitrogen and oxygen atoms in total. The van der Waals surface area contributed by atoms with E-state index in [4.69, 9.17) is 4.74 Å². The van der Waals surface area contributed by atoms with Gasteiger partial charge in [0.25, 0.3) is 0 Å². The molecule has 1 saturated heterocycles. The van der Waals surface area contributed by atoms with Gasteiger partial charge in [-0.3, -0.25) is 0 Å². The minimum Gasteiger partial charge on any atom is -0.495 e. The minimum atomic E-state index is 0.779. The summed E-state index contributed by atoms with van der Waals surface area (Å²) in [6, 6.07) is 20.4. The monoisotopic (exact) mass is 351 g/mol. The predicted molar refractivity (Wildman–Crippen MR) is 107 cm³/mol. The molecule has 0 aromatic heterocycles. The Labute approximate surface area is 157 Å². The average Bonchev–Trinajstić information content (AvgIpc) is 2.74. The Kier molecular flexibility index (Phi) is 5.45. The molecule has 3 heteroatoms. The SMILES string of the molecule is COc1ccccc1N1CC[NH+](C2CCC(c3ccccc3)CC2)CC1. The van der Waals surface area contributed by atoms with Gasteiger partial charge in [0.05, 0.1) is 45.0 Å². The molecule has 2 aromatic carbocycles. The number of hydrogen-bond donors (Lipinski definition) is 1. The maximum Gasteiger partial charge on any atom is 0.142 e. The summed E-state index contributed by atoms with van der Waals surface area (Å²) in [4.78, 5) is 4.32. The van der Waals surface area contributed by atoms with Crippen LogP contribution in [0.3, 0.4) is 0 Å². The van der Waals surface area contributed by atoms with Crippen LogP contribution in [-0.4, -0.2) is 39.3 Å². The van der Waals surface area contributed by atoms with E-state index in [0.717, 1.165) is 30.8 Å². The molecule has 4 rings (SSSR count). The van der Waals surface area contributed by atoms with Crippen LogP contribution in [0.5, 0.6) is 5.75 Å². The first-order chi connectivity index (χ1) is 12.8. The van der Waals surface area contributed by atoms with E-state index in [1.165, 1.54) is 44.5 Å². The lowest BCUT2D eigenvalue weighted by Crippen LogP contribution is -3.18. The Hall–Kier alpha value is -2.00.